The van der Waals surface area contributed by atoms with Gasteiger partial charge in [-0.25, -0.2) is 0 Å². The number of nitrogens with two attached hydrogens (primary N) is 1. The molecule has 0 unspecified atom stereocenters. The highest BCUT2D eigenvalue weighted by Gasteiger charge is 2.27. The lowest BCUT2D eigenvalue weighted by molar-refractivity contribution is -0.115. The zero-order valence-corrected chi connectivity index (χ0v) is 17.9. The first-order chi connectivity index (χ1) is 15.0. The maximum atomic E-state index is 12.3. The lowest BCUT2D eigenvalue weighted by Crippen LogP contribution is -2.39. The number of anilines is 3. The second kappa shape index (κ2) is 9.38. The third-order valence-electron chi connectivity index (χ3n) is 5.63. The second-order valence-electron chi connectivity index (χ2n) is 8.14. The summed E-state index contributed by atoms with van der Waals surface area (Å²) in [4.78, 5) is 25.2. The number of carbonyl (C=O) groups is 1. The number of nitrogens with zero attached hydrogens (tertiary/aromatic N) is 4. The number of likely N-dealkylation sites (tertiary alicyclic amines) is 1. The van der Waals surface area contributed by atoms with Gasteiger partial charge in [0.2, 0.25) is 5.91 Å². The molecule has 4 rings (SSSR count). The van der Waals surface area contributed by atoms with Gasteiger partial charge in [0.15, 0.2) is 11.6 Å². The lowest BCUT2D eigenvalue weighted by Gasteiger charge is -2.30. The van der Waals surface area contributed by atoms with Crippen molar-refractivity contribution < 1.29 is 14.6 Å². The monoisotopic (exact) mass is 426 g/mol. The fourth-order valence-corrected chi connectivity index (χ4v) is 3.99. The van der Waals surface area contributed by atoms with E-state index in [1.54, 1.807) is 6.07 Å². The van der Waals surface area contributed by atoms with E-state index >= 15 is 0 Å². The van der Waals surface area contributed by atoms with Crippen molar-refractivity contribution >= 4 is 23.2 Å². The smallest absolute Gasteiger partial charge is 0.320 e. The Kier molecular flexibility index (Phi) is 6.41. The molecule has 9 heteroatoms. The number of unbranched alkanes of at least 4 members (excludes halogenated alkanes) is 1. The molecule has 2 aromatic rings. The van der Waals surface area contributed by atoms with Crippen LogP contribution in [0.5, 0.6) is 11.8 Å². The van der Waals surface area contributed by atoms with E-state index in [1.165, 1.54) is 12.8 Å². The standard InChI is InChI=1S/C22H30N6O3/c1-2-3-10-31-22-25-20(23)19-21(26-22)28(14-18(30)24-19)12-15-6-7-17(29)16(11-15)13-27-8-4-5-9-27/h6-7,11,29H,2-5,8-10,12-14H2,1H3,(H,24,30)(H2,23,25,26). The molecule has 0 radical (unpaired) electrons. The summed E-state index contributed by atoms with van der Waals surface area (Å²) >= 11 is 0. The van der Waals surface area contributed by atoms with Crippen molar-refractivity contribution in [3.63, 3.8) is 0 Å². The van der Waals surface area contributed by atoms with Crippen LogP contribution in [0.15, 0.2) is 18.2 Å². The van der Waals surface area contributed by atoms with E-state index in [1.807, 2.05) is 17.0 Å². The average Bonchev–Trinajstić information content (AvgIpc) is 3.25. The number of ether oxygens (including phenoxy) is 1. The van der Waals surface area contributed by atoms with Gasteiger partial charge in [0.05, 0.1) is 13.2 Å². The zero-order chi connectivity index (χ0) is 21.8. The molecule has 1 aromatic carbocycles. The molecule has 31 heavy (non-hydrogen) atoms. The van der Waals surface area contributed by atoms with Crippen LogP contribution in [-0.4, -0.2) is 52.1 Å². The van der Waals surface area contributed by atoms with Crippen molar-refractivity contribution in [2.45, 2.75) is 45.7 Å². The van der Waals surface area contributed by atoms with Crippen LogP contribution in [0.2, 0.25) is 0 Å². The number of nitrogen functional groups attached to an aromatic ring is 1. The summed E-state index contributed by atoms with van der Waals surface area (Å²) in [6.07, 6.45) is 4.30. The predicted molar refractivity (Wildman–Crippen MR) is 119 cm³/mol. The summed E-state index contributed by atoms with van der Waals surface area (Å²) in [5, 5.41) is 13.1. The molecule has 2 aliphatic rings. The summed E-state index contributed by atoms with van der Waals surface area (Å²) < 4.78 is 5.65. The number of amides is 1. The molecule has 1 fully saturated rings. The van der Waals surface area contributed by atoms with Gasteiger partial charge in [0.1, 0.15) is 11.4 Å². The van der Waals surface area contributed by atoms with E-state index in [2.05, 4.69) is 27.1 Å². The molecular weight excluding hydrogens is 396 g/mol. The van der Waals surface area contributed by atoms with Crippen LogP contribution in [0.3, 0.4) is 0 Å². The Hall–Kier alpha value is -3.07. The Morgan fingerprint density at radius 2 is 2.03 bits per heavy atom. The van der Waals surface area contributed by atoms with Crippen LogP contribution in [0.25, 0.3) is 0 Å². The first kappa shape index (κ1) is 21.2. The van der Waals surface area contributed by atoms with Crippen LogP contribution in [-0.2, 0) is 17.9 Å². The fraction of sp³-hybridized carbons (Fsp3) is 0.500. The highest BCUT2D eigenvalue weighted by molar-refractivity contribution is 6.03. The normalized spacial score (nSPS) is 16.3. The van der Waals surface area contributed by atoms with E-state index in [9.17, 15) is 9.90 Å². The second-order valence-corrected chi connectivity index (χ2v) is 8.14. The third-order valence-corrected chi connectivity index (χ3v) is 5.63. The van der Waals surface area contributed by atoms with Gasteiger partial charge in [0, 0.05) is 18.7 Å². The first-order valence-corrected chi connectivity index (χ1v) is 10.9. The summed E-state index contributed by atoms with van der Waals surface area (Å²) in [7, 11) is 0. The minimum absolute atomic E-state index is 0.153. The quantitative estimate of drug-likeness (QED) is 0.551. The van der Waals surface area contributed by atoms with Crippen molar-refractivity contribution in [2.75, 3.05) is 42.2 Å². The lowest BCUT2D eigenvalue weighted by atomic mass is 10.1. The summed E-state index contributed by atoms with van der Waals surface area (Å²) in [6, 6.07) is 5.81. The van der Waals surface area contributed by atoms with E-state index in [-0.39, 0.29) is 24.3 Å². The zero-order valence-electron chi connectivity index (χ0n) is 17.9. The maximum Gasteiger partial charge on any atom is 0.320 e. The topological polar surface area (TPSA) is 117 Å². The predicted octanol–water partition coefficient (Wildman–Crippen LogP) is 2.50. The van der Waals surface area contributed by atoms with Gasteiger partial charge < -0.3 is 25.8 Å². The molecule has 9 nitrogen and oxygen atoms in total. The van der Waals surface area contributed by atoms with Crippen LogP contribution in [0.4, 0.5) is 17.3 Å². The Morgan fingerprint density at radius 1 is 1.23 bits per heavy atom. The number of hydrogen-bond acceptors (Lipinski definition) is 8. The minimum Gasteiger partial charge on any atom is -0.508 e. The molecule has 0 bridgehead atoms. The molecule has 3 heterocycles. The van der Waals surface area contributed by atoms with Gasteiger partial charge in [-0.3, -0.25) is 9.69 Å². The number of aromatic nitrogens is 2. The Bertz CT molecular complexity index is 945. The average molecular weight is 427 g/mol. The van der Waals surface area contributed by atoms with Gasteiger partial charge in [-0.1, -0.05) is 19.4 Å². The van der Waals surface area contributed by atoms with Crippen LogP contribution < -0.4 is 20.7 Å². The van der Waals surface area contributed by atoms with Crippen LogP contribution in [0.1, 0.15) is 43.7 Å². The Morgan fingerprint density at radius 3 is 2.81 bits per heavy atom. The van der Waals surface area contributed by atoms with Crippen molar-refractivity contribution in [1.82, 2.24) is 14.9 Å². The molecule has 2 aliphatic heterocycles. The largest absolute Gasteiger partial charge is 0.508 e. The van der Waals surface area contributed by atoms with Crippen molar-refractivity contribution in [3.8, 4) is 11.8 Å². The number of rotatable bonds is 8. The number of fused-ring (bicyclic) bond motifs is 1. The van der Waals surface area contributed by atoms with Crippen molar-refractivity contribution in [2.24, 2.45) is 0 Å². The highest BCUT2D eigenvalue weighted by Crippen LogP contribution is 2.34. The van der Waals surface area contributed by atoms with Gasteiger partial charge in [-0.05, 0) is 50.0 Å². The van der Waals surface area contributed by atoms with E-state index in [0.717, 1.165) is 43.6 Å². The molecular formula is C22H30N6O3. The molecule has 0 atom stereocenters. The third kappa shape index (κ3) is 4.99. The summed E-state index contributed by atoms with van der Waals surface area (Å²) in [6.45, 7) is 6.04. The van der Waals surface area contributed by atoms with E-state index in [4.69, 9.17) is 10.5 Å². The number of carbonyl (C=O) groups excluding carboxylic acids is 1. The van der Waals surface area contributed by atoms with E-state index < -0.39 is 0 Å². The number of phenols is 1. The van der Waals surface area contributed by atoms with Crippen LogP contribution in [0, 0.1) is 0 Å². The number of phenolic OH excluding ortho intramolecular Hbond substituents is 1. The maximum absolute atomic E-state index is 12.3. The van der Waals surface area contributed by atoms with Gasteiger partial charge >= 0.3 is 6.01 Å². The molecule has 166 valence electrons. The molecule has 0 saturated carbocycles. The van der Waals surface area contributed by atoms with Gasteiger partial charge in [-0.15, -0.1) is 0 Å². The molecule has 0 spiro atoms. The van der Waals surface area contributed by atoms with Crippen molar-refractivity contribution in [1.29, 1.82) is 0 Å². The highest BCUT2D eigenvalue weighted by atomic mass is 16.5. The number of hydrogen-bond donors (Lipinski definition) is 3. The molecule has 1 amide bonds. The fourth-order valence-electron chi connectivity index (χ4n) is 3.99. The molecule has 1 aromatic heterocycles. The van der Waals surface area contributed by atoms with Gasteiger partial charge in [0.25, 0.3) is 0 Å². The molecule has 0 aliphatic carbocycles. The number of aromatic hydroxyl groups is 1. The summed E-state index contributed by atoms with van der Waals surface area (Å²) in [5.74, 6) is 0.867. The first-order valence-electron chi connectivity index (χ1n) is 10.9. The SMILES string of the molecule is CCCCOc1nc(N)c2c(n1)N(Cc1ccc(O)c(CN3CCCC3)c1)CC(=O)N2. The number of nitrogens with one attached hydrogen (secondary N) is 1. The van der Waals surface area contributed by atoms with Crippen LogP contribution >= 0.6 is 0 Å². The summed E-state index contributed by atoms with van der Waals surface area (Å²) in [5.41, 5.74) is 8.38. The Balaban J connectivity index is 1.57. The van der Waals surface area contributed by atoms with E-state index in [0.29, 0.717) is 30.4 Å². The molecule has 4 N–H and O–H groups in total. The van der Waals surface area contributed by atoms with Crippen molar-refractivity contribution in [3.05, 3.63) is 29.3 Å². The molecule has 1 saturated heterocycles. The Labute approximate surface area is 182 Å². The number of benzene rings is 1. The minimum atomic E-state index is -0.168. The van der Waals surface area contributed by atoms with Gasteiger partial charge in [-0.2, -0.15) is 9.97 Å².